The number of carbonyl (C=O) groups is 1. The van der Waals surface area contributed by atoms with Crippen molar-refractivity contribution in [3.05, 3.63) is 28.8 Å². The van der Waals surface area contributed by atoms with Crippen LogP contribution in [0.4, 0.5) is 10.5 Å². The van der Waals surface area contributed by atoms with Gasteiger partial charge in [-0.25, -0.2) is 13.2 Å². The van der Waals surface area contributed by atoms with Crippen LogP contribution in [0.15, 0.2) is 18.2 Å². The molecule has 8 heteroatoms. The summed E-state index contributed by atoms with van der Waals surface area (Å²) >= 11 is 6.01. The highest BCUT2D eigenvalue weighted by Gasteiger charge is 2.25. The van der Waals surface area contributed by atoms with Gasteiger partial charge in [0.15, 0.2) is 0 Å². The van der Waals surface area contributed by atoms with Crippen LogP contribution >= 0.6 is 11.6 Å². The van der Waals surface area contributed by atoms with E-state index in [9.17, 15) is 13.2 Å². The molecule has 0 atom stereocenters. The van der Waals surface area contributed by atoms with E-state index in [-0.39, 0.29) is 6.03 Å². The van der Waals surface area contributed by atoms with Gasteiger partial charge in [0.1, 0.15) is 0 Å². The molecule has 1 N–H and O–H groups in total. The van der Waals surface area contributed by atoms with Gasteiger partial charge in [-0.15, -0.1) is 0 Å². The lowest BCUT2D eigenvalue weighted by molar-refractivity contribution is 0.184. The Labute approximate surface area is 129 Å². The minimum Gasteiger partial charge on any atom is -0.322 e. The normalized spacial score (nSPS) is 16.8. The van der Waals surface area contributed by atoms with Crippen molar-refractivity contribution in [3.63, 3.8) is 0 Å². The van der Waals surface area contributed by atoms with Crippen LogP contribution in [0, 0.1) is 6.92 Å². The highest BCUT2D eigenvalue weighted by molar-refractivity contribution is 7.88. The molecule has 1 aliphatic rings. The van der Waals surface area contributed by atoms with E-state index in [1.165, 1.54) is 10.6 Å². The molecule has 6 nitrogen and oxygen atoms in total. The fourth-order valence-corrected chi connectivity index (χ4v) is 3.10. The van der Waals surface area contributed by atoms with Gasteiger partial charge >= 0.3 is 6.03 Å². The number of halogens is 1. The number of hydrogen-bond donors (Lipinski definition) is 1. The van der Waals surface area contributed by atoms with Gasteiger partial charge in [-0.2, -0.15) is 4.31 Å². The Morgan fingerprint density at radius 1 is 1.24 bits per heavy atom. The number of sulfonamides is 1. The van der Waals surface area contributed by atoms with E-state index in [2.05, 4.69) is 5.32 Å². The van der Waals surface area contributed by atoms with E-state index >= 15 is 0 Å². The van der Waals surface area contributed by atoms with Crippen molar-refractivity contribution in [2.75, 3.05) is 37.8 Å². The van der Waals surface area contributed by atoms with E-state index in [1.807, 2.05) is 13.0 Å². The molecule has 116 valence electrons. The van der Waals surface area contributed by atoms with E-state index in [1.54, 1.807) is 17.0 Å². The molecule has 0 unspecified atom stereocenters. The van der Waals surface area contributed by atoms with Crippen molar-refractivity contribution < 1.29 is 13.2 Å². The quantitative estimate of drug-likeness (QED) is 0.897. The molecule has 0 spiro atoms. The second-order valence-electron chi connectivity index (χ2n) is 5.04. The summed E-state index contributed by atoms with van der Waals surface area (Å²) in [6.45, 7) is 3.27. The smallest absolute Gasteiger partial charge is 0.321 e. The Morgan fingerprint density at radius 2 is 1.86 bits per heavy atom. The Balaban J connectivity index is 1.95. The van der Waals surface area contributed by atoms with Crippen LogP contribution in [-0.4, -0.2) is 56.1 Å². The molecule has 1 heterocycles. The number of nitrogens with one attached hydrogen (secondary N) is 1. The van der Waals surface area contributed by atoms with Gasteiger partial charge in [0.25, 0.3) is 0 Å². The summed E-state index contributed by atoms with van der Waals surface area (Å²) < 4.78 is 24.2. The topological polar surface area (TPSA) is 69.7 Å². The summed E-state index contributed by atoms with van der Waals surface area (Å²) in [7, 11) is -3.19. The molecule has 1 aromatic rings. The lowest BCUT2D eigenvalue weighted by Crippen LogP contribution is -2.51. The summed E-state index contributed by atoms with van der Waals surface area (Å²) in [5.41, 5.74) is 1.57. The first kappa shape index (κ1) is 16.1. The van der Waals surface area contributed by atoms with Crippen LogP contribution in [0.2, 0.25) is 5.02 Å². The predicted molar refractivity (Wildman–Crippen MR) is 83.2 cm³/mol. The minimum atomic E-state index is -3.19. The number of hydrogen-bond acceptors (Lipinski definition) is 3. The predicted octanol–water partition coefficient (Wildman–Crippen LogP) is 1.76. The maximum Gasteiger partial charge on any atom is 0.321 e. The third-order valence-electron chi connectivity index (χ3n) is 3.42. The van der Waals surface area contributed by atoms with Crippen LogP contribution < -0.4 is 5.32 Å². The molecule has 21 heavy (non-hydrogen) atoms. The second-order valence-corrected chi connectivity index (χ2v) is 7.43. The molecule has 1 aromatic carbocycles. The summed E-state index contributed by atoms with van der Waals surface area (Å²) in [6, 6.07) is 5.07. The molecule has 0 radical (unpaired) electrons. The summed E-state index contributed by atoms with van der Waals surface area (Å²) in [5, 5.41) is 3.36. The largest absolute Gasteiger partial charge is 0.322 e. The minimum absolute atomic E-state index is 0.247. The Morgan fingerprint density at radius 3 is 2.38 bits per heavy atom. The Bertz CT molecular complexity index is 640. The number of piperazine rings is 1. The third kappa shape index (κ3) is 4.09. The standard InChI is InChI=1S/C13H18ClN3O3S/c1-10-3-4-11(9-12(10)14)15-13(18)16-5-7-17(8-6-16)21(2,19)20/h3-4,9H,5-8H2,1-2H3,(H,15,18). The molecule has 1 saturated heterocycles. The van der Waals surface area contributed by atoms with Crippen molar-refractivity contribution in [1.29, 1.82) is 0 Å². The molecule has 1 fully saturated rings. The molecular formula is C13H18ClN3O3S. The van der Waals surface area contributed by atoms with Crippen LogP contribution in [-0.2, 0) is 10.0 Å². The number of urea groups is 1. The second kappa shape index (κ2) is 6.21. The van der Waals surface area contributed by atoms with E-state index in [0.717, 1.165) is 5.56 Å². The SMILES string of the molecule is Cc1ccc(NC(=O)N2CCN(S(C)(=O)=O)CC2)cc1Cl. The average molecular weight is 332 g/mol. The van der Waals surface area contributed by atoms with Crippen LogP contribution in [0.1, 0.15) is 5.56 Å². The van der Waals surface area contributed by atoms with Gasteiger partial charge in [0.05, 0.1) is 6.26 Å². The van der Waals surface area contributed by atoms with Gasteiger partial charge < -0.3 is 10.2 Å². The number of rotatable bonds is 2. The molecular weight excluding hydrogens is 314 g/mol. The van der Waals surface area contributed by atoms with Crippen molar-refractivity contribution in [1.82, 2.24) is 9.21 Å². The number of benzene rings is 1. The van der Waals surface area contributed by atoms with Gasteiger partial charge in [0, 0.05) is 36.9 Å². The van der Waals surface area contributed by atoms with E-state index in [0.29, 0.717) is 36.9 Å². The highest BCUT2D eigenvalue weighted by atomic mass is 35.5. The fraction of sp³-hybridized carbons (Fsp3) is 0.462. The average Bonchev–Trinajstić information content (AvgIpc) is 2.42. The summed E-state index contributed by atoms with van der Waals surface area (Å²) in [5.74, 6) is 0. The summed E-state index contributed by atoms with van der Waals surface area (Å²) in [4.78, 5) is 13.7. The van der Waals surface area contributed by atoms with Crippen LogP contribution in [0.25, 0.3) is 0 Å². The first-order valence-electron chi connectivity index (χ1n) is 6.54. The Kier molecular flexibility index (Phi) is 4.75. The molecule has 0 aromatic heterocycles. The van der Waals surface area contributed by atoms with Crippen molar-refractivity contribution >= 4 is 33.3 Å². The van der Waals surface area contributed by atoms with E-state index < -0.39 is 10.0 Å². The zero-order chi connectivity index (χ0) is 15.6. The first-order chi connectivity index (χ1) is 9.77. The highest BCUT2D eigenvalue weighted by Crippen LogP contribution is 2.20. The van der Waals surface area contributed by atoms with Crippen LogP contribution in [0.3, 0.4) is 0 Å². The number of anilines is 1. The first-order valence-corrected chi connectivity index (χ1v) is 8.77. The maximum absolute atomic E-state index is 12.1. The van der Waals surface area contributed by atoms with Gasteiger partial charge in [-0.05, 0) is 24.6 Å². The molecule has 0 bridgehead atoms. The van der Waals surface area contributed by atoms with Crippen molar-refractivity contribution in [2.45, 2.75) is 6.92 Å². The number of aryl methyl sites for hydroxylation is 1. The van der Waals surface area contributed by atoms with Gasteiger partial charge in [-0.3, -0.25) is 0 Å². The number of amides is 2. The lowest BCUT2D eigenvalue weighted by atomic mass is 10.2. The number of carbonyl (C=O) groups excluding carboxylic acids is 1. The van der Waals surface area contributed by atoms with Crippen LogP contribution in [0.5, 0.6) is 0 Å². The van der Waals surface area contributed by atoms with Gasteiger partial charge in [-0.1, -0.05) is 17.7 Å². The number of nitrogens with zero attached hydrogens (tertiary/aromatic N) is 2. The Hall–Kier alpha value is -1.31. The lowest BCUT2D eigenvalue weighted by Gasteiger charge is -2.33. The van der Waals surface area contributed by atoms with Gasteiger partial charge in [0.2, 0.25) is 10.0 Å². The monoisotopic (exact) mass is 331 g/mol. The summed E-state index contributed by atoms with van der Waals surface area (Å²) in [6.07, 6.45) is 1.18. The molecule has 2 amide bonds. The fourth-order valence-electron chi connectivity index (χ4n) is 2.10. The van der Waals surface area contributed by atoms with E-state index in [4.69, 9.17) is 11.6 Å². The zero-order valence-electron chi connectivity index (χ0n) is 12.0. The molecule has 0 saturated carbocycles. The maximum atomic E-state index is 12.1. The van der Waals surface area contributed by atoms with Crippen molar-refractivity contribution in [2.24, 2.45) is 0 Å². The van der Waals surface area contributed by atoms with Crippen molar-refractivity contribution in [3.8, 4) is 0 Å². The molecule has 0 aliphatic carbocycles. The molecule has 2 rings (SSSR count). The zero-order valence-corrected chi connectivity index (χ0v) is 13.5. The molecule has 1 aliphatic heterocycles. The third-order valence-corrected chi connectivity index (χ3v) is 5.13.